The highest BCUT2D eigenvalue weighted by molar-refractivity contribution is 9.10. The molecule has 5 heteroatoms. The van der Waals surface area contributed by atoms with E-state index in [9.17, 15) is 10.1 Å². The van der Waals surface area contributed by atoms with Gasteiger partial charge in [0, 0.05) is 23.2 Å². The predicted octanol–water partition coefficient (Wildman–Crippen LogP) is 4.96. The van der Waals surface area contributed by atoms with Gasteiger partial charge in [0.15, 0.2) is 0 Å². The van der Waals surface area contributed by atoms with Gasteiger partial charge in [0.2, 0.25) is 0 Å². The van der Waals surface area contributed by atoms with Crippen LogP contribution < -0.4 is 5.32 Å². The van der Waals surface area contributed by atoms with Gasteiger partial charge in [-0.05, 0) is 39.9 Å². The Morgan fingerprint density at radius 1 is 1.24 bits per heavy atom. The molecule has 1 N–H and O–H groups in total. The quantitative estimate of drug-likeness (QED) is 0.592. The molecule has 21 heavy (non-hydrogen) atoms. The van der Waals surface area contributed by atoms with Gasteiger partial charge in [-0.3, -0.25) is 10.1 Å². The lowest BCUT2D eigenvalue weighted by Crippen LogP contribution is -2.06. The molecule has 4 nitrogen and oxygen atoms in total. The number of rotatable bonds is 6. The molecule has 0 aliphatic heterocycles. The first-order valence-corrected chi connectivity index (χ1v) is 7.60. The third kappa shape index (κ3) is 4.29. The molecule has 110 valence electrons. The van der Waals surface area contributed by atoms with Crippen LogP contribution in [-0.2, 0) is 0 Å². The molecule has 0 aliphatic rings. The Balaban J connectivity index is 1.94. The largest absolute Gasteiger partial charge is 0.384 e. The molecule has 0 aromatic heterocycles. The number of benzene rings is 2. The highest BCUT2D eigenvalue weighted by Gasteiger charge is 2.10. The molecule has 0 aliphatic carbocycles. The topological polar surface area (TPSA) is 55.2 Å². The second-order valence-electron chi connectivity index (χ2n) is 4.95. The average molecular weight is 349 g/mol. The van der Waals surface area contributed by atoms with Gasteiger partial charge < -0.3 is 5.32 Å². The van der Waals surface area contributed by atoms with Crippen LogP contribution in [-0.4, -0.2) is 11.5 Å². The van der Waals surface area contributed by atoms with Crippen LogP contribution in [0.15, 0.2) is 53.0 Å². The minimum Gasteiger partial charge on any atom is -0.384 e. The van der Waals surface area contributed by atoms with Crippen LogP contribution in [0.3, 0.4) is 0 Å². The molecule has 1 atom stereocenters. The van der Waals surface area contributed by atoms with E-state index in [1.54, 1.807) is 12.1 Å². The van der Waals surface area contributed by atoms with E-state index in [1.165, 1.54) is 11.6 Å². The van der Waals surface area contributed by atoms with E-state index in [1.807, 2.05) is 18.2 Å². The average Bonchev–Trinajstić information content (AvgIpc) is 2.49. The Morgan fingerprint density at radius 3 is 2.62 bits per heavy atom. The molecule has 2 rings (SSSR count). The molecule has 0 heterocycles. The summed E-state index contributed by atoms with van der Waals surface area (Å²) in [6, 6.07) is 15.1. The van der Waals surface area contributed by atoms with E-state index < -0.39 is 0 Å². The first-order chi connectivity index (χ1) is 10.1. The lowest BCUT2D eigenvalue weighted by Gasteiger charge is -2.13. The predicted molar refractivity (Wildman–Crippen MR) is 88.8 cm³/mol. The standard InChI is InChI=1S/C16H17BrN2O2/c1-12(13-5-3-2-4-6-13)9-10-18-16-11-14(19(20)21)7-8-15(16)17/h2-8,11-12,18H,9-10H2,1H3. The van der Waals surface area contributed by atoms with E-state index >= 15 is 0 Å². The maximum absolute atomic E-state index is 10.8. The number of nitro groups is 1. The third-order valence-corrected chi connectivity index (χ3v) is 4.11. The number of nitrogens with one attached hydrogen (secondary N) is 1. The van der Waals surface area contributed by atoms with Crippen molar-refractivity contribution in [3.8, 4) is 0 Å². The Hall–Kier alpha value is -1.88. The molecule has 0 saturated heterocycles. The van der Waals surface area contributed by atoms with Crippen molar-refractivity contribution in [1.82, 2.24) is 0 Å². The summed E-state index contributed by atoms with van der Waals surface area (Å²) in [5.41, 5.74) is 2.15. The first-order valence-electron chi connectivity index (χ1n) is 6.80. The molecule has 0 spiro atoms. The molecule has 0 amide bonds. The van der Waals surface area contributed by atoms with Crippen molar-refractivity contribution in [1.29, 1.82) is 0 Å². The molecule has 0 saturated carbocycles. The molecule has 0 bridgehead atoms. The van der Waals surface area contributed by atoms with Crippen molar-refractivity contribution < 1.29 is 4.92 Å². The normalized spacial score (nSPS) is 11.9. The fourth-order valence-corrected chi connectivity index (χ4v) is 2.52. The Kier molecular flexibility index (Phi) is 5.33. The molecule has 0 radical (unpaired) electrons. The van der Waals surface area contributed by atoms with Crippen LogP contribution in [0.2, 0.25) is 0 Å². The second kappa shape index (κ2) is 7.22. The van der Waals surface area contributed by atoms with Gasteiger partial charge in [-0.25, -0.2) is 0 Å². The lowest BCUT2D eigenvalue weighted by molar-refractivity contribution is -0.384. The minimum absolute atomic E-state index is 0.0943. The Labute approximate surface area is 132 Å². The second-order valence-corrected chi connectivity index (χ2v) is 5.80. The van der Waals surface area contributed by atoms with Gasteiger partial charge in [0.25, 0.3) is 5.69 Å². The molecule has 0 fully saturated rings. The number of hydrogen-bond donors (Lipinski definition) is 1. The van der Waals surface area contributed by atoms with Crippen molar-refractivity contribution in [2.24, 2.45) is 0 Å². The van der Waals surface area contributed by atoms with Gasteiger partial charge in [0.1, 0.15) is 0 Å². The van der Waals surface area contributed by atoms with Crippen molar-refractivity contribution in [2.45, 2.75) is 19.3 Å². The van der Waals surface area contributed by atoms with Crippen molar-refractivity contribution in [3.63, 3.8) is 0 Å². The van der Waals surface area contributed by atoms with E-state index in [4.69, 9.17) is 0 Å². The highest BCUT2D eigenvalue weighted by atomic mass is 79.9. The van der Waals surface area contributed by atoms with Gasteiger partial charge >= 0.3 is 0 Å². The van der Waals surface area contributed by atoms with Gasteiger partial charge in [-0.1, -0.05) is 37.3 Å². The van der Waals surface area contributed by atoms with Crippen LogP contribution in [0, 0.1) is 10.1 Å². The lowest BCUT2D eigenvalue weighted by atomic mass is 9.98. The molecular weight excluding hydrogens is 332 g/mol. The summed E-state index contributed by atoms with van der Waals surface area (Å²) in [5.74, 6) is 0.441. The smallest absolute Gasteiger partial charge is 0.271 e. The number of non-ortho nitro benzene ring substituents is 1. The van der Waals surface area contributed by atoms with Crippen LogP contribution in [0.1, 0.15) is 24.8 Å². The summed E-state index contributed by atoms with van der Waals surface area (Å²) in [4.78, 5) is 10.4. The van der Waals surface area contributed by atoms with Crippen LogP contribution in [0.5, 0.6) is 0 Å². The summed E-state index contributed by atoms with van der Waals surface area (Å²) in [6.45, 7) is 2.94. The first kappa shape index (κ1) is 15.5. The number of halogens is 1. The molecule has 1 unspecified atom stereocenters. The minimum atomic E-state index is -0.385. The number of hydrogen-bond acceptors (Lipinski definition) is 3. The number of nitrogens with zero attached hydrogens (tertiary/aromatic N) is 1. The van der Waals surface area contributed by atoms with Crippen molar-refractivity contribution in [3.05, 3.63) is 68.7 Å². The maximum Gasteiger partial charge on any atom is 0.271 e. The molecular formula is C16H17BrN2O2. The SMILES string of the molecule is CC(CCNc1cc([N+](=O)[O-])ccc1Br)c1ccccc1. The highest BCUT2D eigenvalue weighted by Crippen LogP contribution is 2.27. The summed E-state index contributed by atoms with van der Waals surface area (Å²) in [6.07, 6.45) is 0.957. The third-order valence-electron chi connectivity index (χ3n) is 3.42. The molecule has 2 aromatic carbocycles. The zero-order valence-corrected chi connectivity index (χ0v) is 13.3. The van der Waals surface area contributed by atoms with Crippen LogP contribution in [0.25, 0.3) is 0 Å². The summed E-state index contributed by atoms with van der Waals surface area (Å²) >= 11 is 3.41. The van der Waals surface area contributed by atoms with E-state index in [0.717, 1.165) is 23.1 Å². The monoisotopic (exact) mass is 348 g/mol. The molecule has 2 aromatic rings. The Morgan fingerprint density at radius 2 is 1.95 bits per heavy atom. The van der Waals surface area contributed by atoms with E-state index in [-0.39, 0.29) is 10.6 Å². The van der Waals surface area contributed by atoms with E-state index in [2.05, 4.69) is 40.3 Å². The summed E-state index contributed by atoms with van der Waals surface area (Å²) in [7, 11) is 0. The van der Waals surface area contributed by atoms with Gasteiger partial charge in [0.05, 0.1) is 10.6 Å². The summed E-state index contributed by atoms with van der Waals surface area (Å²) < 4.78 is 0.834. The Bertz CT molecular complexity index is 617. The number of anilines is 1. The van der Waals surface area contributed by atoms with Gasteiger partial charge in [-0.15, -0.1) is 0 Å². The van der Waals surface area contributed by atoms with Crippen LogP contribution in [0.4, 0.5) is 11.4 Å². The fourth-order valence-electron chi connectivity index (χ4n) is 2.13. The zero-order chi connectivity index (χ0) is 15.2. The van der Waals surface area contributed by atoms with Crippen LogP contribution >= 0.6 is 15.9 Å². The van der Waals surface area contributed by atoms with Crippen molar-refractivity contribution >= 4 is 27.3 Å². The summed E-state index contributed by atoms with van der Waals surface area (Å²) in [5, 5.41) is 14.1. The zero-order valence-electron chi connectivity index (χ0n) is 11.8. The van der Waals surface area contributed by atoms with E-state index in [0.29, 0.717) is 5.92 Å². The number of nitro benzene ring substituents is 1. The fraction of sp³-hybridized carbons (Fsp3) is 0.250. The van der Waals surface area contributed by atoms with Crippen molar-refractivity contribution in [2.75, 3.05) is 11.9 Å². The van der Waals surface area contributed by atoms with Gasteiger partial charge in [-0.2, -0.15) is 0 Å². The maximum atomic E-state index is 10.8.